The molecule has 3 rings (SSSR count). The van der Waals surface area contributed by atoms with Crippen LogP contribution in [0.4, 0.5) is 0 Å². The number of hydrogen-bond donors (Lipinski definition) is 0. The van der Waals surface area contributed by atoms with Crippen molar-refractivity contribution in [2.45, 2.75) is 20.9 Å². The van der Waals surface area contributed by atoms with E-state index in [0.29, 0.717) is 0 Å². The zero-order valence-corrected chi connectivity index (χ0v) is 13.3. The zero-order chi connectivity index (χ0) is 13.2. The van der Waals surface area contributed by atoms with Gasteiger partial charge < -0.3 is 0 Å². The fraction of sp³-hybridized carbons (Fsp3) is 0.125. The van der Waals surface area contributed by atoms with Crippen molar-refractivity contribution < 1.29 is 0 Å². The maximum absolute atomic E-state index is 2.22. The van der Waals surface area contributed by atoms with E-state index in [1.807, 2.05) is 34.9 Å². The van der Waals surface area contributed by atoms with E-state index < -0.39 is 0 Å². The molecule has 0 nitrogen and oxygen atoms in total. The SMILES string of the molecule is CSc1sc2ccccc2c1Sc1ccc(C)cc1. The van der Waals surface area contributed by atoms with Crippen molar-refractivity contribution in [2.24, 2.45) is 0 Å². The molecule has 19 heavy (non-hydrogen) atoms. The second kappa shape index (κ2) is 5.61. The maximum Gasteiger partial charge on any atom is 0.0748 e. The molecular weight excluding hydrogens is 288 g/mol. The molecule has 0 bridgehead atoms. The Hall–Kier alpha value is -0.900. The lowest BCUT2D eigenvalue weighted by atomic mass is 10.2. The van der Waals surface area contributed by atoms with Crippen LogP contribution in [-0.2, 0) is 0 Å². The third kappa shape index (κ3) is 2.69. The predicted octanol–water partition coefficient (Wildman–Crippen LogP) is 6.08. The minimum Gasteiger partial charge on any atom is -0.128 e. The summed E-state index contributed by atoms with van der Waals surface area (Å²) in [5.74, 6) is 0. The van der Waals surface area contributed by atoms with Gasteiger partial charge in [-0.1, -0.05) is 47.7 Å². The van der Waals surface area contributed by atoms with E-state index in [-0.39, 0.29) is 0 Å². The van der Waals surface area contributed by atoms with Crippen molar-refractivity contribution in [1.29, 1.82) is 0 Å². The molecule has 3 heteroatoms. The summed E-state index contributed by atoms with van der Waals surface area (Å²) in [5.41, 5.74) is 1.31. The van der Waals surface area contributed by atoms with Crippen molar-refractivity contribution in [3.05, 3.63) is 54.1 Å². The standard InChI is InChI=1S/C16H14S3/c1-11-7-9-12(10-8-11)18-15-13-5-3-4-6-14(13)19-16(15)17-2/h3-10H,1-2H3. The number of aryl methyl sites for hydroxylation is 1. The molecule has 3 aromatic rings. The summed E-state index contributed by atoms with van der Waals surface area (Å²) in [6, 6.07) is 17.4. The Kier molecular flexibility index (Phi) is 3.87. The smallest absolute Gasteiger partial charge is 0.0748 e. The molecule has 2 aromatic carbocycles. The molecule has 0 fully saturated rings. The number of rotatable bonds is 3. The molecule has 0 amide bonds. The third-order valence-electron chi connectivity index (χ3n) is 2.95. The van der Waals surface area contributed by atoms with E-state index in [4.69, 9.17) is 0 Å². The first-order valence-corrected chi connectivity index (χ1v) is 8.94. The molecule has 0 radical (unpaired) electrons. The Morgan fingerprint density at radius 2 is 1.68 bits per heavy atom. The summed E-state index contributed by atoms with van der Waals surface area (Å²) in [6.07, 6.45) is 2.16. The highest BCUT2D eigenvalue weighted by atomic mass is 32.2. The van der Waals surface area contributed by atoms with Crippen molar-refractivity contribution in [1.82, 2.24) is 0 Å². The monoisotopic (exact) mass is 302 g/mol. The molecule has 0 unspecified atom stereocenters. The normalized spacial score (nSPS) is 11.1. The van der Waals surface area contributed by atoms with Crippen LogP contribution in [0.15, 0.2) is 62.5 Å². The Balaban J connectivity index is 2.06. The largest absolute Gasteiger partial charge is 0.128 e. The van der Waals surface area contributed by atoms with E-state index in [0.717, 1.165) is 0 Å². The van der Waals surface area contributed by atoms with E-state index >= 15 is 0 Å². The fourth-order valence-corrected chi connectivity index (χ4v) is 5.25. The van der Waals surface area contributed by atoms with E-state index in [9.17, 15) is 0 Å². The maximum atomic E-state index is 2.22. The second-order valence-corrected chi connectivity index (χ2v) is 7.54. The molecular formula is C16H14S3. The van der Waals surface area contributed by atoms with Gasteiger partial charge in [-0.15, -0.1) is 23.1 Å². The van der Waals surface area contributed by atoms with Gasteiger partial charge in [0.2, 0.25) is 0 Å². The molecule has 1 aromatic heterocycles. The highest BCUT2D eigenvalue weighted by Crippen LogP contribution is 2.45. The minimum absolute atomic E-state index is 1.31. The van der Waals surface area contributed by atoms with Crippen molar-refractivity contribution in [2.75, 3.05) is 6.26 Å². The summed E-state index contributed by atoms with van der Waals surface area (Å²) >= 11 is 5.60. The molecule has 0 aliphatic heterocycles. The molecule has 0 aliphatic rings. The van der Waals surface area contributed by atoms with Gasteiger partial charge >= 0.3 is 0 Å². The molecule has 0 atom stereocenters. The molecule has 0 spiro atoms. The van der Waals surface area contributed by atoms with Crippen LogP contribution in [0.3, 0.4) is 0 Å². The quantitative estimate of drug-likeness (QED) is 0.537. The van der Waals surface area contributed by atoms with Crippen LogP contribution in [-0.4, -0.2) is 6.26 Å². The van der Waals surface area contributed by atoms with E-state index in [2.05, 4.69) is 61.7 Å². The molecule has 0 saturated heterocycles. The van der Waals surface area contributed by atoms with E-state index in [1.54, 1.807) is 0 Å². The van der Waals surface area contributed by atoms with Crippen LogP contribution in [0.2, 0.25) is 0 Å². The highest BCUT2D eigenvalue weighted by Gasteiger charge is 2.12. The molecule has 96 valence electrons. The third-order valence-corrected chi connectivity index (χ3v) is 6.63. The van der Waals surface area contributed by atoms with Crippen molar-refractivity contribution in [3.63, 3.8) is 0 Å². The Morgan fingerprint density at radius 3 is 2.42 bits per heavy atom. The molecule has 1 heterocycles. The number of hydrogen-bond acceptors (Lipinski definition) is 3. The van der Waals surface area contributed by atoms with Gasteiger partial charge in [-0.05, 0) is 31.4 Å². The van der Waals surface area contributed by atoms with Gasteiger partial charge in [0, 0.05) is 19.9 Å². The van der Waals surface area contributed by atoms with Crippen LogP contribution in [0.1, 0.15) is 5.56 Å². The van der Waals surface area contributed by atoms with Crippen molar-refractivity contribution in [3.8, 4) is 0 Å². The highest BCUT2D eigenvalue weighted by molar-refractivity contribution is 8.03. The van der Waals surface area contributed by atoms with Crippen LogP contribution >= 0.6 is 34.9 Å². The molecule has 0 aliphatic carbocycles. The number of fused-ring (bicyclic) bond motifs is 1. The predicted molar refractivity (Wildman–Crippen MR) is 88.9 cm³/mol. The lowest BCUT2D eigenvalue weighted by Gasteiger charge is -2.03. The van der Waals surface area contributed by atoms with Gasteiger partial charge in [0.05, 0.1) is 4.21 Å². The van der Waals surface area contributed by atoms with Crippen LogP contribution < -0.4 is 0 Å². The number of thiophene rings is 1. The number of benzene rings is 2. The van der Waals surface area contributed by atoms with Gasteiger partial charge in [-0.3, -0.25) is 0 Å². The fourth-order valence-electron chi connectivity index (χ4n) is 1.95. The first-order chi connectivity index (χ1) is 9.28. The first kappa shape index (κ1) is 13.1. The lowest BCUT2D eigenvalue weighted by molar-refractivity contribution is 1.36. The van der Waals surface area contributed by atoms with Gasteiger partial charge in [-0.25, -0.2) is 0 Å². The van der Waals surface area contributed by atoms with Crippen molar-refractivity contribution >= 4 is 44.9 Å². The average Bonchev–Trinajstić information content (AvgIpc) is 2.79. The topological polar surface area (TPSA) is 0 Å². The number of thioether (sulfide) groups is 1. The summed E-state index contributed by atoms with van der Waals surface area (Å²) in [5, 5.41) is 1.38. The Labute approximate surface area is 126 Å². The molecule has 0 saturated carbocycles. The minimum atomic E-state index is 1.31. The summed E-state index contributed by atoms with van der Waals surface area (Å²) in [6.45, 7) is 2.13. The summed E-state index contributed by atoms with van der Waals surface area (Å²) in [4.78, 5) is 2.71. The van der Waals surface area contributed by atoms with Gasteiger partial charge in [0.15, 0.2) is 0 Å². The first-order valence-electron chi connectivity index (χ1n) is 6.08. The summed E-state index contributed by atoms with van der Waals surface area (Å²) < 4.78 is 2.79. The Bertz CT molecular complexity index is 696. The average molecular weight is 302 g/mol. The van der Waals surface area contributed by atoms with Gasteiger partial charge in [0.25, 0.3) is 0 Å². The van der Waals surface area contributed by atoms with Crippen LogP contribution in [0.5, 0.6) is 0 Å². The van der Waals surface area contributed by atoms with E-state index in [1.165, 1.54) is 29.6 Å². The molecule has 0 N–H and O–H groups in total. The van der Waals surface area contributed by atoms with Crippen LogP contribution in [0.25, 0.3) is 10.1 Å². The zero-order valence-electron chi connectivity index (χ0n) is 10.8. The lowest BCUT2D eigenvalue weighted by Crippen LogP contribution is -1.75. The van der Waals surface area contributed by atoms with Crippen LogP contribution in [0, 0.1) is 6.92 Å². The summed E-state index contributed by atoms with van der Waals surface area (Å²) in [7, 11) is 0. The second-order valence-electron chi connectivity index (χ2n) is 4.33. The van der Waals surface area contributed by atoms with Gasteiger partial charge in [0.1, 0.15) is 0 Å². The van der Waals surface area contributed by atoms with Gasteiger partial charge in [-0.2, -0.15) is 0 Å². The Morgan fingerprint density at radius 1 is 0.947 bits per heavy atom.